The number of methoxy groups -OCH3 is 1. The highest BCUT2D eigenvalue weighted by molar-refractivity contribution is 7.89. The maximum Gasteiger partial charge on any atom is 0.243 e. The third kappa shape index (κ3) is 5.24. The summed E-state index contributed by atoms with van der Waals surface area (Å²) < 4.78 is 33.7. The maximum absolute atomic E-state index is 13.4. The first-order chi connectivity index (χ1) is 18.3. The van der Waals surface area contributed by atoms with E-state index in [9.17, 15) is 18.0 Å². The molecule has 0 unspecified atom stereocenters. The first-order valence-corrected chi connectivity index (χ1v) is 14.8. The van der Waals surface area contributed by atoms with Gasteiger partial charge in [0.25, 0.3) is 0 Å². The van der Waals surface area contributed by atoms with Crippen LogP contribution in [0.15, 0.2) is 47.4 Å². The quantitative estimate of drug-likeness (QED) is 0.580. The van der Waals surface area contributed by atoms with E-state index in [2.05, 4.69) is 11.0 Å². The molecule has 0 saturated carbocycles. The predicted octanol–water partition coefficient (Wildman–Crippen LogP) is 2.74. The summed E-state index contributed by atoms with van der Waals surface area (Å²) in [5, 5.41) is 0. The number of benzene rings is 2. The Labute approximate surface area is 225 Å². The molecule has 2 aromatic rings. The van der Waals surface area contributed by atoms with E-state index in [1.807, 2.05) is 23.1 Å². The van der Waals surface area contributed by atoms with Gasteiger partial charge >= 0.3 is 0 Å². The summed E-state index contributed by atoms with van der Waals surface area (Å²) in [7, 11) is -2.01. The van der Waals surface area contributed by atoms with Crippen LogP contribution in [0.3, 0.4) is 0 Å². The highest BCUT2D eigenvalue weighted by Crippen LogP contribution is 2.32. The lowest BCUT2D eigenvalue weighted by Crippen LogP contribution is -2.52. The Morgan fingerprint density at radius 1 is 0.921 bits per heavy atom. The molecular formula is C28H36N4O5S. The van der Waals surface area contributed by atoms with Crippen LogP contribution in [-0.2, 0) is 26.0 Å². The zero-order valence-corrected chi connectivity index (χ0v) is 23.0. The van der Waals surface area contributed by atoms with Crippen molar-refractivity contribution in [3.63, 3.8) is 0 Å². The van der Waals surface area contributed by atoms with Gasteiger partial charge in [0.2, 0.25) is 21.8 Å². The van der Waals surface area contributed by atoms with E-state index >= 15 is 0 Å². The Morgan fingerprint density at radius 3 is 2.34 bits per heavy atom. The minimum absolute atomic E-state index is 0.0324. The van der Waals surface area contributed by atoms with Gasteiger partial charge in [-0.25, -0.2) is 8.42 Å². The molecule has 3 aliphatic rings. The van der Waals surface area contributed by atoms with Crippen molar-refractivity contribution in [1.29, 1.82) is 0 Å². The van der Waals surface area contributed by atoms with E-state index < -0.39 is 10.0 Å². The van der Waals surface area contributed by atoms with E-state index in [0.717, 1.165) is 48.6 Å². The fourth-order valence-electron chi connectivity index (χ4n) is 5.80. The summed E-state index contributed by atoms with van der Waals surface area (Å²) in [6.07, 6.45) is 2.62. The van der Waals surface area contributed by atoms with E-state index in [-0.39, 0.29) is 22.6 Å². The van der Waals surface area contributed by atoms with Crippen molar-refractivity contribution in [3.8, 4) is 5.75 Å². The van der Waals surface area contributed by atoms with Crippen LogP contribution in [-0.4, -0.2) is 82.4 Å². The summed E-state index contributed by atoms with van der Waals surface area (Å²) in [6, 6.07) is 13.0. The standard InChI is InChI=1S/C28H36N4O5S/c1-21(33)32-12-4-5-23-19-26(8-9-27(23)32)38(35,36)31-13-10-22(11-14-31)28(34)30-17-15-29(16-18-30)24-6-3-7-25(20-24)37-2/h3,6-9,19-20,22H,4-5,10-18H2,1-2H3. The van der Waals surface area contributed by atoms with Crippen LogP contribution < -0.4 is 14.5 Å². The molecule has 0 radical (unpaired) electrons. The Hall–Kier alpha value is -3.11. The lowest BCUT2D eigenvalue weighted by atomic mass is 9.96. The van der Waals surface area contributed by atoms with Gasteiger partial charge in [-0.15, -0.1) is 0 Å². The second-order valence-electron chi connectivity index (χ2n) is 10.3. The number of carbonyl (C=O) groups is 2. The predicted molar refractivity (Wildman–Crippen MR) is 146 cm³/mol. The normalized spacial score (nSPS) is 19.3. The van der Waals surface area contributed by atoms with E-state index in [0.29, 0.717) is 45.6 Å². The lowest BCUT2D eigenvalue weighted by molar-refractivity contribution is -0.137. The summed E-state index contributed by atoms with van der Waals surface area (Å²) >= 11 is 0. The number of fused-ring (bicyclic) bond motifs is 1. The van der Waals surface area contributed by atoms with Crippen molar-refractivity contribution >= 4 is 33.2 Å². The molecule has 0 N–H and O–H groups in total. The first-order valence-electron chi connectivity index (χ1n) is 13.4. The van der Waals surface area contributed by atoms with E-state index in [1.165, 1.54) is 11.2 Å². The summed E-state index contributed by atoms with van der Waals surface area (Å²) in [4.78, 5) is 31.4. The SMILES string of the molecule is COc1cccc(N2CCN(C(=O)C3CCN(S(=O)(=O)c4ccc5c(c4)CCCN5C(C)=O)CC3)CC2)c1. The molecular weight excluding hydrogens is 504 g/mol. The van der Waals surface area contributed by atoms with Crippen LogP contribution in [0.1, 0.15) is 31.7 Å². The number of anilines is 2. The van der Waals surface area contributed by atoms with Gasteiger partial charge in [0.1, 0.15) is 5.75 Å². The molecule has 3 aliphatic heterocycles. The largest absolute Gasteiger partial charge is 0.497 e. The van der Waals surface area contributed by atoms with Gasteiger partial charge in [-0.3, -0.25) is 9.59 Å². The van der Waals surface area contributed by atoms with Gasteiger partial charge in [0.15, 0.2) is 0 Å². The molecule has 0 aromatic heterocycles. The van der Waals surface area contributed by atoms with Gasteiger partial charge in [0.05, 0.1) is 12.0 Å². The number of sulfonamides is 1. The monoisotopic (exact) mass is 540 g/mol. The lowest BCUT2D eigenvalue weighted by Gasteiger charge is -2.39. The minimum atomic E-state index is -3.66. The molecule has 3 heterocycles. The van der Waals surface area contributed by atoms with Crippen molar-refractivity contribution in [1.82, 2.24) is 9.21 Å². The molecule has 0 atom stereocenters. The van der Waals surface area contributed by atoms with Gasteiger partial charge in [-0.05, 0) is 61.6 Å². The fourth-order valence-corrected chi connectivity index (χ4v) is 7.32. The molecule has 0 spiro atoms. The highest BCUT2D eigenvalue weighted by atomic mass is 32.2. The van der Waals surface area contributed by atoms with Crippen LogP contribution in [0.25, 0.3) is 0 Å². The minimum Gasteiger partial charge on any atom is -0.497 e. The number of carbonyl (C=O) groups excluding carboxylic acids is 2. The van der Waals surface area contributed by atoms with E-state index in [1.54, 1.807) is 30.2 Å². The number of piperidine rings is 1. The summed E-state index contributed by atoms with van der Waals surface area (Å²) in [5.41, 5.74) is 2.79. The molecule has 9 nitrogen and oxygen atoms in total. The van der Waals surface area contributed by atoms with Crippen molar-refractivity contribution in [2.45, 2.75) is 37.5 Å². The van der Waals surface area contributed by atoms with Gasteiger partial charge in [-0.2, -0.15) is 4.31 Å². The third-order valence-electron chi connectivity index (χ3n) is 8.00. The average molecular weight is 541 g/mol. The molecule has 2 aromatic carbocycles. The zero-order chi connectivity index (χ0) is 26.9. The number of ether oxygens (including phenoxy) is 1. The Kier molecular flexibility index (Phi) is 7.63. The van der Waals surface area contributed by atoms with Crippen molar-refractivity contribution in [3.05, 3.63) is 48.0 Å². The van der Waals surface area contributed by atoms with Crippen LogP contribution in [0.4, 0.5) is 11.4 Å². The highest BCUT2D eigenvalue weighted by Gasteiger charge is 2.35. The number of rotatable bonds is 5. The van der Waals surface area contributed by atoms with Gasteiger partial charge in [-0.1, -0.05) is 6.07 Å². The molecule has 10 heteroatoms. The molecule has 0 bridgehead atoms. The Balaban J connectivity index is 1.17. The second-order valence-corrected chi connectivity index (χ2v) is 12.2. The zero-order valence-electron chi connectivity index (χ0n) is 22.1. The Bertz CT molecular complexity index is 1300. The molecule has 0 aliphatic carbocycles. The van der Waals surface area contributed by atoms with Crippen molar-refractivity contribution in [2.24, 2.45) is 5.92 Å². The van der Waals surface area contributed by atoms with Crippen LogP contribution in [0.5, 0.6) is 5.75 Å². The molecule has 5 rings (SSSR count). The molecule has 2 saturated heterocycles. The Morgan fingerprint density at radius 2 is 1.66 bits per heavy atom. The van der Waals surface area contributed by atoms with E-state index in [4.69, 9.17) is 4.74 Å². The summed E-state index contributed by atoms with van der Waals surface area (Å²) in [5.74, 6) is 0.758. The number of hydrogen-bond acceptors (Lipinski definition) is 6. The topological polar surface area (TPSA) is 90.5 Å². The first kappa shape index (κ1) is 26.5. The molecule has 2 amide bonds. The van der Waals surface area contributed by atoms with Crippen molar-refractivity contribution in [2.75, 3.05) is 62.7 Å². The number of nitrogens with zero attached hydrogens (tertiary/aromatic N) is 4. The third-order valence-corrected chi connectivity index (χ3v) is 9.90. The fraction of sp³-hybridized carbons (Fsp3) is 0.500. The van der Waals surface area contributed by atoms with Crippen LogP contribution >= 0.6 is 0 Å². The van der Waals surface area contributed by atoms with Crippen LogP contribution in [0, 0.1) is 5.92 Å². The number of aryl methyl sites for hydroxylation is 1. The number of piperazine rings is 1. The number of amides is 2. The average Bonchev–Trinajstić information content (AvgIpc) is 2.96. The van der Waals surface area contributed by atoms with Crippen LogP contribution in [0.2, 0.25) is 0 Å². The molecule has 2 fully saturated rings. The molecule has 38 heavy (non-hydrogen) atoms. The smallest absolute Gasteiger partial charge is 0.243 e. The van der Waals surface area contributed by atoms with Crippen molar-refractivity contribution < 1.29 is 22.7 Å². The molecule has 204 valence electrons. The van der Waals surface area contributed by atoms with Gasteiger partial charge < -0.3 is 19.4 Å². The maximum atomic E-state index is 13.4. The second kappa shape index (κ2) is 10.9. The number of hydrogen-bond donors (Lipinski definition) is 0. The summed E-state index contributed by atoms with van der Waals surface area (Å²) in [6.45, 7) is 5.68. The van der Waals surface area contributed by atoms with Gasteiger partial charge in [0, 0.05) is 76.1 Å².